The molecule has 22 heavy (non-hydrogen) atoms. The molecule has 0 aliphatic carbocycles. The van der Waals surface area contributed by atoms with Gasteiger partial charge in [0.1, 0.15) is 10.1 Å². The highest BCUT2D eigenvalue weighted by Gasteiger charge is 2.30. The summed E-state index contributed by atoms with van der Waals surface area (Å²) in [5, 5.41) is 0. The van der Waals surface area contributed by atoms with E-state index in [2.05, 4.69) is 13.5 Å². The van der Waals surface area contributed by atoms with Crippen LogP contribution in [0.15, 0.2) is 41.8 Å². The molecule has 0 atom stereocenters. The largest absolute Gasteiger partial charge is 0.494 e. The molecule has 1 heterocycles. The van der Waals surface area contributed by atoms with E-state index >= 15 is 0 Å². The minimum absolute atomic E-state index is 0.0572. The normalized spacial score (nSPS) is 16.4. The SMILES string of the molecule is C=CCN1C(=O)/C(=C\c2ccc(OCCCC)cc2)SC1=S. The molecule has 5 heteroatoms. The highest BCUT2D eigenvalue weighted by molar-refractivity contribution is 8.26. The number of hydrogen-bond donors (Lipinski definition) is 0. The van der Waals surface area contributed by atoms with Gasteiger partial charge in [0.05, 0.1) is 11.5 Å². The van der Waals surface area contributed by atoms with Crippen LogP contribution in [0.5, 0.6) is 5.75 Å². The van der Waals surface area contributed by atoms with Crippen molar-refractivity contribution >= 4 is 40.3 Å². The summed E-state index contributed by atoms with van der Waals surface area (Å²) in [6, 6.07) is 7.74. The first-order valence-electron chi connectivity index (χ1n) is 7.25. The molecule has 0 N–H and O–H groups in total. The Bertz CT molecular complexity index is 593. The van der Waals surface area contributed by atoms with Crippen LogP contribution in [0.2, 0.25) is 0 Å². The fraction of sp³-hybridized carbons (Fsp3) is 0.294. The van der Waals surface area contributed by atoms with Crippen molar-refractivity contribution in [1.82, 2.24) is 4.90 Å². The van der Waals surface area contributed by atoms with Crippen LogP contribution in [-0.2, 0) is 4.79 Å². The summed E-state index contributed by atoms with van der Waals surface area (Å²) in [5.41, 5.74) is 0.960. The zero-order chi connectivity index (χ0) is 15.9. The van der Waals surface area contributed by atoms with Crippen molar-refractivity contribution in [1.29, 1.82) is 0 Å². The monoisotopic (exact) mass is 333 g/mol. The number of ether oxygens (including phenoxy) is 1. The van der Waals surface area contributed by atoms with Crippen molar-refractivity contribution in [2.45, 2.75) is 19.8 Å². The molecule has 116 valence electrons. The molecule has 3 nitrogen and oxygen atoms in total. The van der Waals surface area contributed by atoms with Gasteiger partial charge >= 0.3 is 0 Å². The lowest BCUT2D eigenvalue weighted by molar-refractivity contribution is -0.121. The van der Waals surface area contributed by atoms with Crippen molar-refractivity contribution in [3.63, 3.8) is 0 Å². The van der Waals surface area contributed by atoms with Gasteiger partial charge in [0.15, 0.2) is 0 Å². The zero-order valence-corrected chi connectivity index (χ0v) is 14.2. The van der Waals surface area contributed by atoms with Crippen LogP contribution in [0.25, 0.3) is 6.08 Å². The van der Waals surface area contributed by atoms with Crippen molar-refractivity contribution < 1.29 is 9.53 Å². The summed E-state index contributed by atoms with van der Waals surface area (Å²) in [7, 11) is 0. The number of benzene rings is 1. The summed E-state index contributed by atoms with van der Waals surface area (Å²) >= 11 is 6.54. The second kappa shape index (κ2) is 8.15. The molecule has 0 unspecified atom stereocenters. The summed E-state index contributed by atoms with van der Waals surface area (Å²) < 4.78 is 6.20. The Kier molecular flexibility index (Phi) is 6.21. The first kappa shape index (κ1) is 16.8. The van der Waals surface area contributed by atoms with E-state index in [1.54, 1.807) is 11.0 Å². The van der Waals surface area contributed by atoms with Gasteiger partial charge < -0.3 is 4.74 Å². The molecular formula is C17H19NO2S2. The quantitative estimate of drug-likeness (QED) is 0.323. The molecule has 1 aliphatic rings. The number of nitrogens with zero attached hydrogens (tertiary/aromatic N) is 1. The second-order valence-electron chi connectivity index (χ2n) is 4.85. The van der Waals surface area contributed by atoms with E-state index in [9.17, 15) is 4.79 Å². The number of carbonyl (C=O) groups is 1. The molecule has 0 radical (unpaired) electrons. The van der Waals surface area contributed by atoms with Crippen LogP contribution >= 0.6 is 24.0 Å². The third-order valence-corrected chi connectivity index (χ3v) is 4.51. The molecule has 0 bridgehead atoms. The van der Waals surface area contributed by atoms with E-state index in [0.29, 0.717) is 15.8 Å². The Balaban J connectivity index is 2.05. The van der Waals surface area contributed by atoms with Crippen molar-refractivity contribution in [2.24, 2.45) is 0 Å². The molecule has 1 aliphatic heterocycles. The molecule has 2 rings (SSSR count). The number of carbonyl (C=O) groups excluding carboxylic acids is 1. The van der Waals surface area contributed by atoms with Gasteiger partial charge in [-0.2, -0.15) is 0 Å². The average Bonchev–Trinajstić information content (AvgIpc) is 2.77. The number of thioether (sulfide) groups is 1. The molecule has 1 aromatic carbocycles. The Hall–Kier alpha value is -1.59. The number of rotatable bonds is 7. The minimum Gasteiger partial charge on any atom is -0.494 e. The fourth-order valence-corrected chi connectivity index (χ4v) is 3.21. The minimum atomic E-state index is -0.0572. The van der Waals surface area contributed by atoms with E-state index in [4.69, 9.17) is 17.0 Å². The standard InChI is InChI=1S/C17H19NO2S2/c1-3-5-11-20-14-8-6-13(7-9-14)12-15-16(19)18(10-4-2)17(21)22-15/h4,6-9,12H,2-3,5,10-11H2,1H3/b15-12+. The lowest BCUT2D eigenvalue weighted by atomic mass is 10.2. The molecule has 0 aromatic heterocycles. The Morgan fingerprint density at radius 2 is 2.09 bits per heavy atom. The van der Waals surface area contributed by atoms with Crippen molar-refractivity contribution in [2.75, 3.05) is 13.2 Å². The van der Waals surface area contributed by atoms with Gasteiger partial charge in [0, 0.05) is 6.54 Å². The van der Waals surface area contributed by atoms with Crippen molar-refractivity contribution in [3.05, 3.63) is 47.4 Å². The molecule has 1 amide bonds. The number of amides is 1. The Labute approximate surface area is 141 Å². The maximum absolute atomic E-state index is 12.2. The van der Waals surface area contributed by atoms with Crippen LogP contribution in [-0.4, -0.2) is 28.3 Å². The molecule has 1 fully saturated rings. The topological polar surface area (TPSA) is 29.5 Å². The third-order valence-electron chi connectivity index (χ3n) is 3.13. The van der Waals surface area contributed by atoms with Gasteiger partial charge in [0.2, 0.25) is 0 Å². The summed E-state index contributed by atoms with van der Waals surface area (Å²) in [4.78, 5) is 14.4. The van der Waals surface area contributed by atoms with Gasteiger partial charge in [-0.05, 0) is 30.2 Å². The zero-order valence-electron chi connectivity index (χ0n) is 12.6. The lowest BCUT2D eigenvalue weighted by Crippen LogP contribution is -2.27. The predicted octanol–water partition coefficient (Wildman–Crippen LogP) is 4.25. The van der Waals surface area contributed by atoms with Crippen LogP contribution in [0.3, 0.4) is 0 Å². The first-order valence-corrected chi connectivity index (χ1v) is 8.47. The van der Waals surface area contributed by atoms with E-state index in [1.165, 1.54) is 11.8 Å². The Morgan fingerprint density at radius 3 is 2.73 bits per heavy atom. The van der Waals surface area contributed by atoms with Gasteiger partial charge in [-0.25, -0.2) is 0 Å². The van der Waals surface area contributed by atoms with Crippen LogP contribution in [0, 0.1) is 0 Å². The lowest BCUT2D eigenvalue weighted by Gasteiger charge is -2.10. The van der Waals surface area contributed by atoms with E-state index in [0.717, 1.165) is 30.8 Å². The Morgan fingerprint density at radius 1 is 1.36 bits per heavy atom. The highest BCUT2D eigenvalue weighted by Crippen LogP contribution is 2.32. The number of thiocarbonyl (C=S) groups is 1. The first-order chi connectivity index (χ1) is 10.7. The van der Waals surface area contributed by atoms with E-state index < -0.39 is 0 Å². The third kappa shape index (κ3) is 4.21. The van der Waals surface area contributed by atoms with Gasteiger partial charge in [-0.1, -0.05) is 55.5 Å². The van der Waals surface area contributed by atoms with Gasteiger partial charge in [0.25, 0.3) is 5.91 Å². The van der Waals surface area contributed by atoms with Gasteiger partial charge in [-0.15, -0.1) is 6.58 Å². The summed E-state index contributed by atoms with van der Waals surface area (Å²) in [6.07, 6.45) is 5.70. The predicted molar refractivity (Wildman–Crippen MR) is 96.9 cm³/mol. The summed E-state index contributed by atoms with van der Waals surface area (Å²) in [5.74, 6) is 0.794. The number of unbranched alkanes of at least 4 members (excludes halogenated alkanes) is 1. The van der Waals surface area contributed by atoms with Gasteiger partial charge in [-0.3, -0.25) is 9.69 Å². The van der Waals surface area contributed by atoms with Crippen molar-refractivity contribution in [3.8, 4) is 5.75 Å². The molecular weight excluding hydrogens is 314 g/mol. The summed E-state index contributed by atoms with van der Waals surface area (Å²) in [6.45, 7) is 6.96. The fourth-order valence-electron chi connectivity index (χ4n) is 1.93. The van der Waals surface area contributed by atoms with Crippen LogP contribution in [0.4, 0.5) is 0 Å². The molecule has 0 saturated carbocycles. The molecule has 1 saturated heterocycles. The van der Waals surface area contributed by atoms with Crippen LogP contribution < -0.4 is 4.74 Å². The maximum atomic E-state index is 12.2. The average molecular weight is 333 g/mol. The molecule has 1 aromatic rings. The maximum Gasteiger partial charge on any atom is 0.266 e. The molecule has 0 spiro atoms. The van der Waals surface area contributed by atoms with Crippen LogP contribution in [0.1, 0.15) is 25.3 Å². The number of hydrogen-bond acceptors (Lipinski definition) is 4. The highest BCUT2D eigenvalue weighted by atomic mass is 32.2. The van der Waals surface area contributed by atoms with E-state index in [-0.39, 0.29) is 5.91 Å². The van der Waals surface area contributed by atoms with E-state index in [1.807, 2.05) is 30.3 Å². The second-order valence-corrected chi connectivity index (χ2v) is 6.53. The smallest absolute Gasteiger partial charge is 0.266 e.